The molecule has 0 heterocycles. The lowest BCUT2D eigenvalue weighted by Gasteiger charge is -2.28. The molecule has 0 spiro atoms. The lowest BCUT2D eigenvalue weighted by Crippen LogP contribution is -2.48. The predicted octanol–water partition coefficient (Wildman–Crippen LogP) is 6.57. The van der Waals surface area contributed by atoms with Gasteiger partial charge < -0.3 is 9.59 Å². The van der Waals surface area contributed by atoms with Crippen LogP contribution in [0.3, 0.4) is 0 Å². The van der Waals surface area contributed by atoms with Gasteiger partial charge in [0.1, 0.15) is 0 Å². The quantitative estimate of drug-likeness (QED) is 0.169. The van der Waals surface area contributed by atoms with Crippen LogP contribution in [0.1, 0.15) is 103 Å². The largest absolute Gasteiger partial charge is 0.477 e. The standard InChI is InChI=1S/C23H45NO2/c1-5-6-7-8-9-10-11-12-13-14-15-16-17-18-19-20-21-22(23(25)26)24(2,3)4/h20-22H,5-19H2,1-4H3/p+1. The van der Waals surface area contributed by atoms with Gasteiger partial charge in [-0.3, -0.25) is 0 Å². The molecule has 0 bridgehead atoms. The zero-order chi connectivity index (χ0) is 19.7. The molecule has 0 aromatic heterocycles. The lowest BCUT2D eigenvalue weighted by molar-refractivity contribution is -0.880. The van der Waals surface area contributed by atoms with Crippen molar-refractivity contribution < 1.29 is 14.4 Å². The minimum atomic E-state index is -0.741. The van der Waals surface area contributed by atoms with Crippen molar-refractivity contribution in [3.63, 3.8) is 0 Å². The van der Waals surface area contributed by atoms with Crippen LogP contribution in [-0.4, -0.2) is 42.7 Å². The Balaban J connectivity index is 3.41. The van der Waals surface area contributed by atoms with Crippen LogP contribution < -0.4 is 0 Å². The summed E-state index contributed by atoms with van der Waals surface area (Å²) >= 11 is 0. The molecule has 0 rings (SSSR count). The van der Waals surface area contributed by atoms with Gasteiger partial charge in [0.2, 0.25) is 6.04 Å². The van der Waals surface area contributed by atoms with Crippen LogP contribution in [-0.2, 0) is 4.79 Å². The molecular weight excluding hydrogens is 322 g/mol. The van der Waals surface area contributed by atoms with E-state index in [9.17, 15) is 9.90 Å². The van der Waals surface area contributed by atoms with E-state index in [1.54, 1.807) is 0 Å². The van der Waals surface area contributed by atoms with E-state index in [2.05, 4.69) is 13.0 Å². The lowest BCUT2D eigenvalue weighted by atomic mass is 10.0. The molecule has 154 valence electrons. The number of carboxylic acid groups (broad SMARTS) is 1. The molecule has 0 fully saturated rings. The van der Waals surface area contributed by atoms with E-state index in [0.29, 0.717) is 4.48 Å². The SMILES string of the molecule is CCCCCCCCCCCCCCCCC=CC(C(=O)O)[N+](C)(C)C. The number of unbranched alkanes of at least 4 members (excludes halogenated alkanes) is 14. The van der Waals surface area contributed by atoms with Gasteiger partial charge in [0.05, 0.1) is 21.1 Å². The number of allylic oxidation sites excluding steroid dienone is 1. The van der Waals surface area contributed by atoms with Gasteiger partial charge in [-0.2, -0.15) is 0 Å². The molecule has 1 unspecified atom stereocenters. The Morgan fingerprint density at radius 1 is 0.769 bits per heavy atom. The molecule has 0 saturated carbocycles. The van der Waals surface area contributed by atoms with Gasteiger partial charge in [0, 0.05) is 0 Å². The smallest absolute Gasteiger partial charge is 0.366 e. The van der Waals surface area contributed by atoms with E-state index < -0.39 is 12.0 Å². The highest BCUT2D eigenvalue weighted by Crippen LogP contribution is 2.13. The molecule has 0 amide bonds. The number of quaternary nitrogens is 1. The molecule has 0 aliphatic heterocycles. The number of hydrogen-bond donors (Lipinski definition) is 1. The highest BCUT2D eigenvalue weighted by Gasteiger charge is 2.27. The maximum atomic E-state index is 11.3. The van der Waals surface area contributed by atoms with E-state index >= 15 is 0 Å². The normalized spacial score (nSPS) is 13.4. The van der Waals surface area contributed by atoms with Crippen molar-refractivity contribution in [1.82, 2.24) is 0 Å². The van der Waals surface area contributed by atoms with E-state index in [0.717, 1.165) is 6.42 Å². The molecule has 0 radical (unpaired) electrons. The number of aliphatic carboxylic acids is 1. The summed E-state index contributed by atoms with van der Waals surface area (Å²) in [5, 5.41) is 9.27. The van der Waals surface area contributed by atoms with Crippen LogP contribution in [0.15, 0.2) is 12.2 Å². The first-order chi connectivity index (χ1) is 12.4. The first kappa shape index (κ1) is 25.2. The second kappa shape index (κ2) is 16.4. The van der Waals surface area contributed by atoms with Crippen molar-refractivity contribution in [1.29, 1.82) is 0 Å². The summed E-state index contributed by atoms with van der Waals surface area (Å²) in [7, 11) is 5.78. The van der Waals surface area contributed by atoms with E-state index in [1.165, 1.54) is 89.9 Å². The molecule has 0 aromatic carbocycles. The number of hydrogen-bond acceptors (Lipinski definition) is 1. The minimum absolute atomic E-state index is 0.435. The average molecular weight is 369 g/mol. The Morgan fingerprint density at radius 3 is 1.50 bits per heavy atom. The van der Waals surface area contributed by atoms with E-state index in [1.807, 2.05) is 27.2 Å². The Bertz CT molecular complexity index is 358. The van der Waals surface area contributed by atoms with Gasteiger partial charge >= 0.3 is 5.97 Å². The van der Waals surface area contributed by atoms with Crippen LogP contribution in [0, 0.1) is 0 Å². The third-order valence-electron chi connectivity index (χ3n) is 5.13. The molecule has 0 aliphatic carbocycles. The maximum Gasteiger partial charge on any atom is 0.366 e. The fraction of sp³-hybridized carbons (Fsp3) is 0.870. The van der Waals surface area contributed by atoms with E-state index in [-0.39, 0.29) is 0 Å². The van der Waals surface area contributed by atoms with Gasteiger partial charge in [0.15, 0.2) is 0 Å². The zero-order valence-corrected chi connectivity index (χ0v) is 18.1. The Labute approximate surface area is 163 Å². The Morgan fingerprint density at radius 2 is 1.15 bits per heavy atom. The summed E-state index contributed by atoms with van der Waals surface area (Å²) in [5.74, 6) is -0.741. The van der Waals surface area contributed by atoms with Crippen LogP contribution >= 0.6 is 0 Å². The Kier molecular flexibility index (Phi) is 15.8. The molecule has 26 heavy (non-hydrogen) atoms. The summed E-state index contributed by atoms with van der Waals surface area (Å²) in [5.41, 5.74) is 0. The van der Waals surface area contributed by atoms with Crippen molar-refractivity contribution in [3.8, 4) is 0 Å². The summed E-state index contributed by atoms with van der Waals surface area (Å²) in [6, 6.07) is -0.443. The Hall–Kier alpha value is -0.830. The summed E-state index contributed by atoms with van der Waals surface area (Å²) in [6.45, 7) is 2.28. The fourth-order valence-electron chi connectivity index (χ4n) is 3.35. The molecule has 1 N–H and O–H groups in total. The van der Waals surface area contributed by atoms with Gasteiger partial charge in [-0.15, -0.1) is 0 Å². The van der Waals surface area contributed by atoms with E-state index in [4.69, 9.17) is 0 Å². The third-order valence-corrected chi connectivity index (χ3v) is 5.13. The number of rotatable bonds is 18. The summed E-state index contributed by atoms with van der Waals surface area (Å²) < 4.78 is 0.435. The fourth-order valence-corrected chi connectivity index (χ4v) is 3.35. The van der Waals surface area contributed by atoms with Gasteiger partial charge in [0.25, 0.3) is 0 Å². The second-order valence-electron chi connectivity index (χ2n) is 8.71. The average Bonchev–Trinajstić information content (AvgIpc) is 2.56. The number of carbonyl (C=O) groups is 1. The van der Waals surface area contributed by atoms with Crippen molar-refractivity contribution in [2.24, 2.45) is 0 Å². The van der Waals surface area contributed by atoms with Crippen LogP contribution in [0.5, 0.6) is 0 Å². The summed E-state index contributed by atoms with van der Waals surface area (Å²) in [4.78, 5) is 11.3. The van der Waals surface area contributed by atoms with Crippen LogP contribution in [0.4, 0.5) is 0 Å². The second-order valence-corrected chi connectivity index (χ2v) is 8.71. The summed E-state index contributed by atoms with van der Waals surface area (Å²) in [6.07, 6.45) is 24.2. The number of nitrogens with zero attached hydrogens (tertiary/aromatic N) is 1. The van der Waals surface area contributed by atoms with Crippen LogP contribution in [0.2, 0.25) is 0 Å². The molecule has 1 atom stereocenters. The van der Waals surface area contributed by atoms with Crippen molar-refractivity contribution in [2.75, 3.05) is 21.1 Å². The molecular formula is C23H46NO2+. The zero-order valence-electron chi connectivity index (χ0n) is 18.1. The highest BCUT2D eigenvalue weighted by molar-refractivity contribution is 5.74. The third kappa shape index (κ3) is 15.4. The highest BCUT2D eigenvalue weighted by atomic mass is 16.4. The number of likely N-dealkylation sites (N-methyl/N-ethyl adjacent to an activating group) is 1. The van der Waals surface area contributed by atoms with Gasteiger partial charge in [-0.1, -0.05) is 96.5 Å². The molecule has 3 nitrogen and oxygen atoms in total. The molecule has 0 aromatic rings. The first-order valence-corrected chi connectivity index (χ1v) is 11.1. The van der Waals surface area contributed by atoms with Gasteiger partial charge in [-0.05, 0) is 18.9 Å². The maximum absolute atomic E-state index is 11.3. The number of carboxylic acids is 1. The molecule has 3 heteroatoms. The van der Waals surface area contributed by atoms with Crippen molar-refractivity contribution in [3.05, 3.63) is 12.2 Å². The molecule has 0 aliphatic rings. The molecule has 0 saturated heterocycles. The van der Waals surface area contributed by atoms with Gasteiger partial charge in [-0.25, -0.2) is 4.79 Å². The van der Waals surface area contributed by atoms with Crippen molar-refractivity contribution in [2.45, 2.75) is 109 Å². The van der Waals surface area contributed by atoms with Crippen LogP contribution in [0.25, 0.3) is 0 Å². The topological polar surface area (TPSA) is 37.3 Å². The predicted molar refractivity (Wildman–Crippen MR) is 114 cm³/mol. The minimum Gasteiger partial charge on any atom is -0.477 e. The first-order valence-electron chi connectivity index (χ1n) is 11.1. The monoisotopic (exact) mass is 368 g/mol. The van der Waals surface area contributed by atoms with Crippen molar-refractivity contribution >= 4 is 5.97 Å².